The van der Waals surface area contributed by atoms with Gasteiger partial charge in [-0.15, -0.1) is 0 Å². The highest BCUT2D eigenvalue weighted by atomic mass is 31.2. The minimum absolute atomic E-state index is 0.0378. The van der Waals surface area contributed by atoms with Gasteiger partial charge in [0.05, 0.1) is 13.2 Å². The molecule has 0 aliphatic heterocycles. The Morgan fingerprint density at radius 3 is 2.41 bits per heavy atom. The maximum absolute atomic E-state index is 15.0. The van der Waals surface area contributed by atoms with Gasteiger partial charge in [-0.2, -0.15) is 4.39 Å². The van der Waals surface area contributed by atoms with Crippen LogP contribution in [-0.4, -0.2) is 13.2 Å². The van der Waals surface area contributed by atoms with Gasteiger partial charge in [-0.25, -0.2) is 0 Å². The molecule has 0 spiro atoms. The minimum Gasteiger partial charge on any atom is -0.304 e. The summed E-state index contributed by atoms with van der Waals surface area (Å²) in [6.07, 6.45) is 3.43. The van der Waals surface area contributed by atoms with Gasteiger partial charge in [-0.05, 0) is 44.2 Å². The normalized spacial score (nSPS) is 21.7. The number of halogens is 1. The van der Waals surface area contributed by atoms with E-state index in [1.807, 2.05) is 30.3 Å². The largest absolute Gasteiger partial charge is 0.389 e. The van der Waals surface area contributed by atoms with Gasteiger partial charge in [0.2, 0.25) is 5.57 Å². The van der Waals surface area contributed by atoms with Crippen LogP contribution in [0.2, 0.25) is 0 Å². The molecular weight excluding hydrogens is 302 g/mol. The second-order valence-electron chi connectivity index (χ2n) is 5.36. The Labute approximate surface area is 132 Å². The van der Waals surface area contributed by atoms with Crippen LogP contribution in [0.5, 0.6) is 0 Å². The molecule has 22 heavy (non-hydrogen) atoms. The first-order valence-electron chi connectivity index (χ1n) is 7.95. The van der Waals surface area contributed by atoms with E-state index in [-0.39, 0.29) is 19.1 Å². The predicted molar refractivity (Wildman–Crippen MR) is 86.6 cm³/mol. The standard InChI is InChI=1S/C17H24FO3P/c1-3-20-22(19,21-4-2)17(18)16-13-9-8-12-15(16)14-10-6-5-7-11-14/h5-7,10-11,15H,3-4,8-9,12-13H2,1-2H3/b17-16+. The molecule has 1 aliphatic carbocycles. The number of allylic oxidation sites excluding steroid dienone is 1. The molecule has 1 unspecified atom stereocenters. The Bertz CT molecular complexity index is 546. The van der Waals surface area contributed by atoms with Crippen LogP contribution in [-0.2, 0) is 13.6 Å². The van der Waals surface area contributed by atoms with E-state index in [1.54, 1.807) is 13.8 Å². The van der Waals surface area contributed by atoms with E-state index in [1.165, 1.54) is 0 Å². The van der Waals surface area contributed by atoms with Crippen LogP contribution in [0.1, 0.15) is 51.0 Å². The van der Waals surface area contributed by atoms with Crippen molar-refractivity contribution in [2.24, 2.45) is 0 Å². The SMILES string of the molecule is CCOP(=O)(OCC)/C(F)=C1\CCCCC1c1ccccc1. The predicted octanol–water partition coefficient (Wildman–Crippen LogP) is 5.79. The monoisotopic (exact) mass is 326 g/mol. The maximum atomic E-state index is 15.0. The lowest BCUT2D eigenvalue weighted by Gasteiger charge is -2.28. The van der Waals surface area contributed by atoms with Gasteiger partial charge in [0.15, 0.2) is 0 Å². The fourth-order valence-corrected chi connectivity index (χ4v) is 4.58. The summed E-state index contributed by atoms with van der Waals surface area (Å²) in [5.74, 6) is -0.0378. The molecule has 0 N–H and O–H groups in total. The summed E-state index contributed by atoms with van der Waals surface area (Å²) < 4.78 is 38.1. The van der Waals surface area contributed by atoms with E-state index >= 15 is 4.39 Å². The summed E-state index contributed by atoms with van der Waals surface area (Å²) in [4.78, 5) is 0. The Balaban J connectivity index is 2.41. The maximum Gasteiger partial charge on any atom is 0.389 e. The molecule has 0 bridgehead atoms. The summed E-state index contributed by atoms with van der Waals surface area (Å²) in [6.45, 7) is 3.71. The van der Waals surface area contributed by atoms with Crippen molar-refractivity contribution < 1.29 is 18.0 Å². The second kappa shape index (κ2) is 8.05. The molecule has 1 saturated carbocycles. The van der Waals surface area contributed by atoms with Crippen LogP contribution < -0.4 is 0 Å². The van der Waals surface area contributed by atoms with Gasteiger partial charge in [0.1, 0.15) is 0 Å². The molecule has 2 rings (SSSR count). The van der Waals surface area contributed by atoms with Gasteiger partial charge in [-0.3, -0.25) is 4.57 Å². The fraction of sp³-hybridized carbons (Fsp3) is 0.529. The lowest BCUT2D eigenvalue weighted by Crippen LogP contribution is -2.11. The lowest BCUT2D eigenvalue weighted by molar-refractivity contribution is 0.219. The lowest BCUT2D eigenvalue weighted by atomic mass is 9.80. The minimum atomic E-state index is -3.82. The van der Waals surface area contributed by atoms with E-state index in [2.05, 4.69) is 0 Å². The zero-order chi connectivity index (χ0) is 16.0. The van der Waals surface area contributed by atoms with Crippen molar-refractivity contribution in [3.8, 4) is 0 Å². The van der Waals surface area contributed by atoms with Gasteiger partial charge in [0.25, 0.3) is 0 Å². The molecule has 0 radical (unpaired) electrons. The summed E-state index contributed by atoms with van der Waals surface area (Å²) >= 11 is 0. The molecule has 0 heterocycles. The first kappa shape index (κ1) is 17.4. The van der Waals surface area contributed by atoms with Gasteiger partial charge in [-0.1, -0.05) is 36.8 Å². The molecule has 0 saturated heterocycles. The topological polar surface area (TPSA) is 35.5 Å². The molecule has 1 aromatic rings. The molecule has 1 fully saturated rings. The highest BCUT2D eigenvalue weighted by Gasteiger charge is 2.36. The molecule has 1 aliphatic rings. The third-order valence-corrected chi connectivity index (χ3v) is 5.88. The highest BCUT2D eigenvalue weighted by molar-refractivity contribution is 7.58. The van der Waals surface area contributed by atoms with Crippen LogP contribution in [0.3, 0.4) is 0 Å². The molecule has 1 aromatic carbocycles. The fourth-order valence-electron chi connectivity index (χ4n) is 2.98. The van der Waals surface area contributed by atoms with E-state index in [4.69, 9.17) is 9.05 Å². The van der Waals surface area contributed by atoms with Crippen molar-refractivity contribution in [1.82, 2.24) is 0 Å². The van der Waals surface area contributed by atoms with Gasteiger partial charge >= 0.3 is 7.60 Å². The van der Waals surface area contributed by atoms with Crippen LogP contribution in [0, 0.1) is 0 Å². The van der Waals surface area contributed by atoms with Crippen molar-refractivity contribution in [1.29, 1.82) is 0 Å². The Kier molecular flexibility index (Phi) is 6.37. The summed E-state index contributed by atoms with van der Waals surface area (Å²) in [5, 5.41) is 0. The van der Waals surface area contributed by atoms with Crippen molar-refractivity contribution in [3.63, 3.8) is 0 Å². The van der Waals surface area contributed by atoms with E-state index in [0.717, 1.165) is 24.8 Å². The van der Waals surface area contributed by atoms with Crippen LogP contribution in [0.25, 0.3) is 0 Å². The zero-order valence-electron chi connectivity index (χ0n) is 13.3. The average Bonchev–Trinajstić information content (AvgIpc) is 2.55. The van der Waals surface area contributed by atoms with E-state index in [9.17, 15) is 4.57 Å². The molecule has 1 atom stereocenters. The molecule has 3 nitrogen and oxygen atoms in total. The van der Waals surface area contributed by atoms with E-state index < -0.39 is 13.2 Å². The molecule has 0 amide bonds. The summed E-state index contributed by atoms with van der Waals surface area (Å²) in [6, 6.07) is 9.83. The highest BCUT2D eigenvalue weighted by Crippen LogP contribution is 2.60. The van der Waals surface area contributed by atoms with Crippen molar-refractivity contribution in [2.75, 3.05) is 13.2 Å². The molecule has 0 aromatic heterocycles. The second-order valence-corrected chi connectivity index (χ2v) is 7.26. The van der Waals surface area contributed by atoms with Gasteiger partial charge in [0, 0.05) is 5.92 Å². The smallest absolute Gasteiger partial charge is 0.304 e. The van der Waals surface area contributed by atoms with Crippen LogP contribution in [0.15, 0.2) is 41.5 Å². The van der Waals surface area contributed by atoms with E-state index in [0.29, 0.717) is 12.0 Å². The summed E-state index contributed by atoms with van der Waals surface area (Å²) in [5.41, 5.74) is 0.972. The molecule has 122 valence electrons. The Morgan fingerprint density at radius 2 is 1.82 bits per heavy atom. The first-order valence-corrected chi connectivity index (χ1v) is 9.49. The number of hydrogen-bond acceptors (Lipinski definition) is 3. The number of hydrogen-bond donors (Lipinski definition) is 0. The van der Waals surface area contributed by atoms with Crippen LogP contribution >= 0.6 is 7.60 Å². The number of rotatable bonds is 6. The van der Waals surface area contributed by atoms with Crippen molar-refractivity contribution >= 4 is 7.60 Å². The van der Waals surface area contributed by atoms with Crippen LogP contribution in [0.4, 0.5) is 4.39 Å². The molecule has 5 heteroatoms. The number of benzene rings is 1. The third-order valence-electron chi connectivity index (χ3n) is 3.92. The first-order chi connectivity index (χ1) is 10.6. The molecular formula is C17H24FO3P. The zero-order valence-corrected chi connectivity index (χ0v) is 14.2. The Hall–Kier alpha value is -0.960. The average molecular weight is 326 g/mol. The van der Waals surface area contributed by atoms with Crippen molar-refractivity contribution in [2.45, 2.75) is 45.4 Å². The van der Waals surface area contributed by atoms with Crippen molar-refractivity contribution in [3.05, 3.63) is 47.0 Å². The summed E-state index contributed by atoms with van der Waals surface area (Å²) in [7, 11) is -3.82. The third kappa shape index (κ3) is 3.87. The quantitative estimate of drug-likeness (QED) is 0.621. The Morgan fingerprint density at radius 1 is 1.18 bits per heavy atom. The van der Waals surface area contributed by atoms with Gasteiger partial charge < -0.3 is 9.05 Å².